The molecule has 1 amide bonds. The minimum Gasteiger partial charge on any atom is -0.453 e. The molecule has 214 valence electrons. The van der Waals surface area contributed by atoms with E-state index in [4.69, 9.17) is 15.2 Å². The number of rotatable bonds is 7. The normalized spacial score (nSPS) is 20.0. The fourth-order valence-electron chi connectivity index (χ4n) is 3.99. The van der Waals surface area contributed by atoms with Crippen LogP contribution in [-0.2, 0) is 26.6 Å². The summed E-state index contributed by atoms with van der Waals surface area (Å²) in [5, 5.41) is 2.31. The molecule has 3 N–H and O–H groups in total. The fraction of sp³-hybridized carbons (Fsp3) is 0.400. The molecule has 39 heavy (non-hydrogen) atoms. The summed E-state index contributed by atoms with van der Waals surface area (Å²) < 4.78 is 110. The van der Waals surface area contributed by atoms with Gasteiger partial charge < -0.3 is 19.9 Å². The van der Waals surface area contributed by atoms with Gasteiger partial charge in [0, 0.05) is 25.0 Å². The third-order valence-electron chi connectivity index (χ3n) is 5.89. The molecule has 1 aliphatic heterocycles. The largest absolute Gasteiger partial charge is 0.453 e. The van der Waals surface area contributed by atoms with E-state index in [9.17, 15) is 35.5 Å². The molecule has 14 heteroatoms. The number of carbonyl (C=O) groups is 1. The number of ether oxygens (including phenoxy) is 3. The highest BCUT2D eigenvalue weighted by molar-refractivity contribution is 5.68. The Morgan fingerprint density at radius 2 is 1.72 bits per heavy atom. The number of halogens is 7. The first-order valence-corrected chi connectivity index (χ1v) is 11.5. The Bertz CT molecular complexity index is 1140. The van der Waals surface area contributed by atoms with Crippen molar-refractivity contribution in [1.82, 2.24) is 10.2 Å². The molecule has 0 aliphatic carbocycles. The molecular weight excluding hydrogens is 539 g/mol. The van der Waals surface area contributed by atoms with Crippen molar-refractivity contribution in [3.63, 3.8) is 0 Å². The summed E-state index contributed by atoms with van der Waals surface area (Å²) in [5.74, 6) is -0.529. The second-order valence-electron chi connectivity index (χ2n) is 8.68. The van der Waals surface area contributed by atoms with Crippen molar-refractivity contribution in [2.75, 3.05) is 26.8 Å². The first-order chi connectivity index (χ1) is 18.2. The van der Waals surface area contributed by atoms with Crippen molar-refractivity contribution < 1.29 is 49.7 Å². The number of nitrogens with zero attached hydrogens (tertiary/aromatic N) is 1. The predicted octanol–water partition coefficient (Wildman–Crippen LogP) is 5.50. The van der Waals surface area contributed by atoms with Crippen molar-refractivity contribution in [2.24, 2.45) is 5.73 Å². The lowest BCUT2D eigenvalue weighted by molar-refractivity contribution is -0.228. The third kappa shape index (κ3) is 8.07. The van der Waals surface area contributed by atoms with Gasteiger partial charge in [0.2, 0.25) is 0 Å². The van der Waals surface area contributed by atoms with Crippen LogP contribution in [0.4, 0.5) is 35.5 Å². The van der Waals surface area contributed by atoms with Crippen LogP contribution in [0.2, 0.25) is 0 Å². The molecule has 0 saturated carbocycles. The first-order valence-electron chi connectivity index (χ1n) is 11.5. The molecule has 0 radical (unpaired) electrons. The minimum absolute atomic E-state index is 0.0356. The number of carbonyl (C=O) groups excluding carboxylic acids is 1. The summed E-state index contributed by atoms with van der Waals surface area (Å²) in [5.41, 5.74) is 3.39. The summed E-state index contributed by atoms with van der Waals surface area (Å²) in [6.07, 6.45) is -12.0. The van der Waals surface area contributed by atoms with Crippen molar-refractivity contribution in [1.29, 1.82) is 0 Å². The molecule has 1 heterocycles. The van der Waals surface area contributed by atoms with E-state index in [-0.39, 0.29) is 37.0 Å². The number of alkyl carbamates (subject to hydrolysis) is 1. The van der Waals surface area contributed by atoms with Gasteiger partial charge in [-0.2, -0.15) is 26.3 Å². The van der Waals surface area contributed by atoms with Gasteiger partial charge >= 0.3 is 18.4 Å². The van der Waals surface area contributed by atoms with Crippen LogP contribution < -0.4 is 11.1 Å². The number of nitrogens with one attached hydrogen (secondary N) is 1. The highest BCUT2D eigenvalue weighted by Gasteiger charge is 2.39. The van der Waals surface area contributed by atoms with Crippen LogP contribution in [0.5, 0.6) is 0 Å². The number of alkyl halides is 6. The van der Waals surface area contributed by atoms with Gasteiger partial charge in [-0.15, -0.1) is 0 Å². The molecule has 1 aliphatic rings. The molecule has 7 nitrogen and oxygen atoms in total. The SMILES string of the molecule is COC(=O)N/C=C(\N)CN1CCO[C@H](O[C@H](C)c2cc(C(F)(F)F)cc(C(F)(F)F)c2)[C@@H]1c1ccc(F)cc1. The molecule has 3 rings (SSSR count). The second-order valence-corrected chi connectivity index (χ2v) is 8.68. The van der Waals surface area contributed by atoms with Crippen LogP contribution in [0, 0.1) is 5.82 Å². The quantitative estimate of drug-likeness (QED) is 0.432. The molecule has 0 spiro atoms. The van der Waals surface area contributed by atoms with E-state index in [1.54, 1.807) is 4.90 Å². The summed E-state index contributed by atoms with van der Waals surface area (Å²) in [7, 11) is 1.16. The maximum absolute atomic E-state index is 13.6. The van der Waals surface area contributed by atoms with Crippen molar-refractivity contribution in [3.8, 4) is 0 Å². The number of nitrogens with two attached hydrogens (primary N) is 1. The zero-order chi connectivity index (χ0) is 29.0. The van der Waals surface area contributed by atoms with Crippen molar-refractivity contribution in [2.45, 2.75) is 37.7 Å². The monoisotopic (exact) mass is 565 g/mol. The number of amides is 1. The standard InChI is InChI=1S/C25H26F7N3O4/c1-14(16-9-17(24(27,28)29)11-18(10-16)25(30,31)32)39-22-21(15-3-5-19(26)6-4-15)35(7-8-38-22)13-20(33)12-34-23(36)37-2/h3-6,9-12,14,21-22H,7-8,13,33H2,1-2H3,(H,34,36)/b20-12-/t14-,21+,22-/m1/s1. The number of hydrogen-bond donors (Lipinski definition) is 2. The van der Waals surface area contributed by atoms with Gasteiger partial charge in [0.05, 0.1) is 37.0 Å². The van der Waals surface area contributed by atoms with Crippen LogP contribution in [0.1, 0.15) is 41.3 Å². The van der Waals surface area contributed by atoms with E-state index in [2.05, 4.69) is 10.1 Å². The van der Waals surface area contributed by atoms with Gasteiger partial charge in [-0.05, 0) is 48.4 Å². The van der Waals surface area contributed by atoms with Crippen LogP contribution in [0.25, 0.3) is 0 Å². The maximum Gasteiger partial charge on any atom is 0.416 e. The summed E-state index contributed by atoms with van der Waals surface area (Å²) in [4.78, 5) is 13.1. The van der Waals surface area contributed by atoms with Gasteiger partial charge in [0.1, 0.15) is 5.82 Å². The number of hydrogen-bond acceptors (Lipinski definition) is 6. The Morgan fingerprint density at radius 3 is 2.26 bits per heavy atom. The lowest BCUT2D eigenvalue weighted by Crippen LogP contribution is -2.48. The van der Waals surface area contributed by atoms with Crippen molar-refractivity contribution in [3.05, 3.63) is 82.4 Å². The topological polar surface area (TPSA) is 86.0 Å². The Kier molecular flexibility index (Phi) is 9.46. The molecule has 0 aromatic heterocycles. The van der Waals surface area contributed by atoms with Gasteiger partial charge in [0.25, 0.3) is 0 Å². The Labute approximate surface area is 219 Å². The van der Waals surface area contributed by atoms with E-state index in [0.29, 0.717) is 17.7 Å². The molecular formula is C25H26F7N3O4. The lowest BCUT2D eigenvalue weighted by Gasteiger charge is -2.42. The number of methoxy groups -OCH3 is 1. The van der Waals surface area contributed by atoms with Gasteiger partial charge in [0.15, 0.2) is 6.29 Å². The molecule has 1 fully saturated rings. The molecule has 1 saturated heterocycles. The molecule has 2 aromatic rings. The van der Waals surface area contributed by atoms with E-state index in [1.165, 1.54) is 37.4 Å². The first kappa shape index (κ1) is 30.2. The molecule has 0 unspecified atom stereocenters. The van der Waals surface area contributed by atoms with Crippen molar-refractivity contribution >= 4 is 6.09 Å². The van der Waals surface area contributed by atoms with Crippen LogP contribution in [0.3, 0.4) is 0 Å². The Morgan fingerprint density at radius 1 is 1.13 bits per heavy atom. The highest BCUT2D eigenvalue weighted by atomic mass is 19.4. The van der Waals surface area contributed by atoms with E-state index in [0.717, 1.165) is 7.11 Å². The summed E-state index contributed by atoms with van der Waals surface area (Å²) in [6.45, 7) is 1.70. The fourth-order valence-corrected chi connectivity index (χ4v) is 3.99. The lowest BCUT2D eigenvalue weighted by atomic mass is 10.0. The average Bonchev–Trinajstić information content (AvgIpc) is 2.87. The van der Waals surface area contributed by atoms with E-state index >= 15 is 0 Å². The van der Waals surface area contributed by atoms with Gasteiger partial charge in [-0.3, -0.25) is 10.2 Å². The Hall–Kier alpha value is -3.36. The number of morpholine rings is 1. The van der Waals surface area contributed by atoms with Gasteiger partial charge in [-0.1, -0.05) is 12.1 Å². The molecule has 2 aromatic carbocycles. The van der Waals surface area contributed by atoms with Crippen LogP contribution >= 0.6 is 0 Å². The molecule has 0 bridgehead atoms. The average molecular weight is 565 g/mol. The smallest absolute Gasteiger partial charge is 0.416 e. The highest BCUT2D eigenvalue weighted by Crippen LogP contribution is 2.39. The second kappa shape index (κ2) is 12.2. The third-order valence-corrected chi connectivity index (χ3v) is 5.89. The predicted molar refractivity (Wildman–Crippen MR) is 124 cm³/mol. The zero-order valence-corrected chi connectivity index (χ0v) is 20.8. The number of benzene rings is 2. The summed E-state index contributed by atoms with van der Waals surface area (Å²) >= 11 is 0. The van der Waals surface area contributed by atoms with E-state index in [1.807, 2.05) is 0 Å². The minimum atomic E-state index is -5.02. The van der Waals surface area contributed by atoms with E-state index < -0.39 is 53.8 Å². The Balaban J connectivity index is 1.93. The maximum atomic E-state index is 13.6. The molecule has 3 atom stereocenters. The van der Waals surface area contributed by atoms with Gasteiger partial charge in [-0.25, -0.2) is 9.18 Å². The zero-order valence-electron chi connectivity index (χ0n) is 20.8. The van der Waals surface area contributed by atoms with Crippen LogP contribution in [0.15, 0.2) is 54.4 Å². The van der Waals surface area contributed by atoms with Crippen LogP contribution in [-0.4, -0.2) is 44.1 Å². The summed E-state index contributed by atoms with van der Waals surface area (Å²) in [6, 6.07) is 5.68.